The highest BCUT2D eigenvalue weighted by Gasteiger charge is 2.34. The van der Waals surface area contributed by atoms with Crippen molar-refractivity contribution in [3.63, 3.8) is 0 Å². The average Bonchev–Trinajstić information content (AvgIpc) is 2.69. The molecule has 21 heavy (non-hydrogen) atoms. The zero-order valence-electron chi connectivity index (χ0n) is 12.2. The molecule has 0 aromatic carbocycles. The number of methoxy groups -OCH3 is 1. The third kappa shape index (κ3) is 3.52. The van der Waals surface area contributed by atoms with Crippen LogP contribution in [0.25, 0.3) is 0 Å². The summed E-state index contributed by atoms with van der Waals surface area (Å²) in [5.41, 5.74) is -0.334. The van der Waals surface area contributed by atoms with Gasteiger partial charge in [-0.2, -0.15) is 4.31 Å². The Morgan fingerprint density at radius 3 is 2.52 bits per heavy atom. The molecule has 0 spiro atoms. The summed E-state index contributed by atoms with van der Waals surface area (Å²) >= 11 is 0. The molecule has 7 nitrogen and oxygen atoms in total. The number of carboxylic acids is 1. The molecule has 1 rings (SSSR count). The Hall–Kier alpha value is -1.64. The van der Waals surface area contributed by atoms with Crippen LogP contribution in [0.1, 0.15) is 21.9 Å². The zero-order valence-corrected chi connectivity index (χ0v) is 13.1. The van der Waals surface area contributed by atoms with Gasteiger partial charge in [0.15, 0.2) is 0 Å². The molecule has 0 aliphatic heterocycles. The van der Waals surface area contributed by atoms with Crippen molar-refractivity contribution in [2.24, 2.45) is 0 Å². The van der Waals surface area contributed by atoms with Gasteiger partial charge in [-0.1, -0.05) is 6.08 Å². The van der Waals surface area contributed by atoms with Crippen molar-refractivity contribution in [2.75, 3.05) is 26.8 Å². The topological polar surface area (TPSA) is 97.0 Å². The molecule has 1 N–H and O–H groups in total. The summed E-state index contributed by atoms with van der Waals surface area (Å²) in [4.78, 5) is 11.0. The second kappa shape index (κ2) is 6.88. The van der Waals surface area contributed by atoms with Gasteiger partial charge in [0.1, 0.15) is 22.0 Å². The lowest BCUT2D eigenvalue weighted by molar-refractivity contribution is 0.0691. The SMILES string of the molecule is C=CCN(CCOC)S(=O)(=O)c1c(C)oc(C)c1C(=O)O. The van der Waals surface area contributed by atoms with Gasteiger partial charge in [0.05, 0.1) is 6.61 Å². The van der Waals surface area contributed by atoms with E-state index in [0.717, 1.165) is 4.31 Å². The quantitative estimate of drug-likeness (QED) is 0.728. The van der Waals surface area contributed by atoms with Crippen molar-refractivity contribution >= 4 is 16.0 Å². The smallest absolute Gasteiger partial charge is 0.340 e. The molecule has 0 bridgehead atoms. The summed E-state index contributed by atoms with van der Waals surface area (Å²) in [6, 6.07) is 0. The first-order chi connectivity index (χ1) is 9.77. The van der Waals surface area contributed by atoms with Gasteiger partial charge in [0, 0.05) is 20.2 Å². The van der Waals surface area contributed by atoms with Crippen molar-refractivity contribution in [2.45, 2.75) is 18.7 Å². The second-order valence-corrected chi connectivity index (χ2v) is 6.24. The first-order valence-electron chi connectivity index (χ1n) is 6.20. The van der Waals surface area contributed by atoms with E-state index in [0.29, 0.717) is 0 Å². The molecule has 0 fully saturated rings. The van der Waals surface area contributed by atoms with E-state index in [4.69, 9.17) is 9.15 Å². The fourth-order valence-corrected chi connectivity index (χ4v) is 3.77. The van der Waals surface area contributed by atoms with Crippen LogP contribution in [0, 0.1) is 13.8 Å². The minimum atomic E-state index is -4.01. The number of hydrogen-bond donors (Lipinski definition) is 1. The van der Waals surface area contributed by atoms with E-state index in [1.807, 2.05) is 0 Å². The average molecular weight is 317 g/mol. The van der Waals surface area contributed by atoms with Gasteiger partial charge >= 0.3 is 5.97 Å². The lowest BCUT2D eigenvalue weighted by atomic mass is 10.2. The monoisotopic (exact) mass is 317 g/mol. The Morgan fingerprint density at radius 2 is 2.05 bits per heavy atom. The van der Waals surface area contributed by atoms with Gasteiger partial charge < -0.3 is 14.3 Å². The summed E-state index contributed by atoms with van der Waals surface area (Å²) in [5, 5.41) is 9.22. The Morgan fingerprint density at radius 1 is 1.43 bits per heavy atom. The Kier molecular flexibility index (Phi) is 5.70. The predicted molar refractivity (Wildman–Crippen MR) is 76.0 cm³/mol. The Labute approximate surface area is 123 Å². The number of rotatable bonds is 8. The van der Waals surface area contributed by atoms with Crippen LogP contribution in [0.15, 0.2) is 22.0 Å². The number of sulfonamides is 1. The maximum absolute atomic E-state index is 12.7. The van der Waals surface area contributed by atoms with Gasteiger partial charge in [-0.25, -0.2) is 13.2 Å². The van der Waals surface area contributed by atoms with Gasteiger partial charge in [-0.05, 0) is 13.8 Å². The number of aryl methyl sites for hydroxylation is 2. The lowest BCUT2D eigenvalue weighted by Crippen LogP contribution is -2.35. The standard InChI is InChI=1S/C13H19NO6S/c1-5-6-14(7-8-19-4)21(17,18)12-10(3)20-9(2)11(12)13(15)16/h5H,1,6-8H2,2-4H3,(H,15,16). The Bertz CT molecular complexity index is 631. The van der Waals surface area contributed by atoms with Crippen LogP contribution in [0.5, 0.6) is 0 Å². The summed E-state index contributed by atoms with van der Waals surface area (Å²) < 4.78 is 36.5. The number of aromatic carboxylic acids is 1. The Balaban J connectivity index is 3.40. The number of nitrogens with zero attached hydrogens (tertiary/aromatic N) is 1. The first kappa shape index (κ1) is 17.4. The second-order valence-electron chi connectivity index (χ2n) is 4.37. The van der Waals surface area contributed by atoms with Crippen LogP contribution < -0.4 is 0 Å². The van der Waals surface area contributed by atoms with E-state index < -0.39 is 16.0 Å². The molecule has 0 aliphatic carbocycles. The number of carbonyl (C=O) groups is 1. The summed E-state index contributed by atoms with van der Waals surface area (Å²) in [6.45, 7) is 6.69. The molecule has 8 heteroatoms. The maximum atomic E-state index is 12.7. The third-order valence-corrected chi connectivity index (χ3v) is 4.91. The molecule has 0 aliphatic rings. The van der Waals surface area contributed by atoms with E-state index in [2.05, 4.69) is 6.58 Å². The van der Waals surface area contributed by atoms with Crippen LogP contribution in [-0.2, 0) is 14.8 Å². The van der Waals surface area contributed by atoms with Gasteiger partial charge in [-0.15, -0.1) is 6.58 Å². The predicted octanol–water partition coefficient (Wildman–Crippen LogP) is 1.42. The zero-order chi connectivity index (χ0) is 16.2. The van der Waals surface area contributed by atoms with E-state index in [-0.39, 0.29) is 41.7 Å². The molecule has 1 heterocycles. The molecule has 0 saturated heterocycles. The van der Waals surface area contributed by atoms with Crippen LogP contribution in [-0.4, -0.2) is 50.6 Å². The lowest BCUT2D eigenvalue weighted by Gasteiger charge is -2.20. The number of ether oxygens (including phenoxy) is 1. The third-order valence-electron chi connectivity index (χ3n) is 2.89. The molecule has 0 atom stereocenters. The fraction of sp³-hybridized carbons (Fsp3) is 0.462. The molecule has 118 valence electrons. The van der Waals surface area contributed by atoms with E-state index in [9.17, 15) is 18.3 Å². The van der Waals surface area contributed by atoms with E-state index >= 15 is 0 Å². The minimum absolute atomic E-state index is 0.0500. The fourth-order valence-electron chi connectivity index (χ4n) is 2.00. The molecule has 0 radical (unpaired) electrons. The summed E-state index contributed by atoms with van der Waals surface area (Å²) in [6.07, 6.45) is 1.43. The van der Waals surface area contributed by atoms with Gasteiger partial charge in [0.2, 0.25) is 10.0 Å². The largest absolute Gasteiger partial charge is 0.478 e. The van der Waals surface area contributed by atoms with Crippen molar-refractivity contribution in [3.05, 3.63) is 29.7 Å². The van der Waals surface area contributed by atoms with Crippen LogP contribution >= 0.6 is 0 Å². The molecular formula is C13H19NO6S. The van der Waals surface area contributed by atoms with Crippen molar-refractivity contribution in [1.29, 1.82) is 0 Å². The normalized spacial score (nSPS) is 11.8. The van der Waals surface area contributed by atoms with Crippen LogP contribution in [0.2, 0.25) is 0 Å². The van der Waals surface area contributed by atoms with Crippen molar-refractivity contribution < 1.29 is 27.5 Å². The first-order valence-corrected chi connectivity index (χ1v) is 7.64. The van der Waals surface area contributed by atoms with Crippen LogP contribution in [0.3, 0.4) is 0 Å². The van der Waals surface area contributed by atoms with Crippen LogP contribution in [0.4, 0.5) is 0 Å². The highest BCUT2D eigenvalue weighted by Crippen LogP contribution is 2.29. The van der Waals surface area contributed by atoms with Gasteiger partial charge in [0.25, 0.3) is 0 Å². The maximum Gasteiger partial charge on any atom is 0.340 e. The molecule has 1 aromatic rings. The summed E-state index contributed by atoms with van der Waals surface area (Å²) in [7, 11) is -2.56. The summed E-state index contributed by atoms with van der Waals surface area (Å²) in [5.74, 6) is -1.23. The number of furan rings is 1. The van der Waals surface area contributed by atoms with E-state index in [1.165, 1.54) is 27.0 Å². The molecular weight excluding hydrogens is 298 g/mol. The molecule has 0 unspecified atom stereocenters. The highest BCUT2D eigenvalue weighted by molar-refractivity contribution is 7.89. The molecule has 0 saturated carbocycles. The van der Waals surface area contributed by atoms with Gasteiger partial charge in [-0.3, -0.25) is 0 Å². The van der Waals surface area contributed by atoms with E-state index in [1.54, 1.807) is 0 Å². The number of carboxylic acid groups (broad SMARTS) is 1. The molecule has 0 amide bonds. The minimum Gasteiger partial charge on any atom is -0.478 e. The molecule has 1 aromatic heterocycles. The number of hydrogen-bond acceptors (Lipinski definition) is 5. The highest BCUT2D eigenvalue weighted by atomic mass is 32.2. The van der Waals surface area contributed by atoms with Crippen molar-refractivity contribution in [3.8, 4) is 0 Å². The van der Waals surface area contributed by atoms with Crippen molar-refractivity contribution in [1.82, 2.24) is 4.31 Å².